The summed E-state index contributed by atoms with van der Waals surface area (Å²) >= 11 is 0. The number of hydrogen-bond donors (Lipinski definition) is 2. The zero-order valence-electron chi connectivity index (χ0n) is 19.9. The molecule has 5 rings (SSSR count). The van der Waals surface area contributed by atoms with Crippen molar-refractivity contribution in [1.82, 2.24) is 20.0 Å². The Balaban J connectivity index is 1.37. The molecule has 8 nitrogen and oxygen atoms in total. The molecule has 2 aromatic carbocycles. The van der Waals surface area contributed by atoms with Gasteiger partial charge in [0, 0.05) is 61.3 Å². The highest BCUT2D eigenvalue weighted by molar-refractivity contribution is 6.49. The normalized spacial score (nSPS) is 16.8. The Hall–Kier alpha value is -3.56. The van der Waals surface area contributed by atoms with Gasteiger partial charge >= 0.3 is 0 Å². The van der Waals surface area contributed by atoms with Gasteiger partial charge < -0.3 is 15.0 Å². The first-order chi connectivity index (χ1) is 17.0. The third-order valence-corrected chi connectivity index (χ3v) is 6.40. The van der Waals surface area contributed by atoms with Gasteiger partial charge in [-0.2, -0.15) is 5.10 Å². The molecule has 0 saturated carbocycles. The number of likely N-dealkylation sites (tertiary alicyclic amines) is 1. The predicted molar refractivity (Wildman–Crippen MR) is 133 cm³/mol. The molecule has 0 atom stereocenters. The van der Waals surface area contributed by atoms with Crippen LogP contribution in [0.1, 0.15) is 24.0 Å². The minimum atomic E-state index is -0.362. The Morgan fingerprint density at radius 1 is 1.17 bits per heavy atom. The van der Waals surface area contributed by atoms with E-state index in [0.717, 1.165) is 31.7 Å². The van der Waals surface area contributed by atoms with Gasteiger partial charge in [-0.1, -0.05) is 6.07 Å². The van der Waals surface area contributed by atoms with Gasteiger partial charge in [-0.25, -0.2) is 4.39 Å². The van der Waals surface area contributed by atoms with Crippen LogP contribution in [0.25, 0.3) is 11.1 Å². The smallest absolute Gasteiger partial charge is 0.274 e. The number of piperidine rings is 1. The van der Waals surface area contributed by atoms with Crippen LogP contribution in [-0.4, -0.2) is 59.2 Å². The molecule has 0 radical (unpaired) electrons. The lowest BCUT2D eigenvalue weighted by atomic mass is 9.96. The molecule has 0 spiro atoms. The van der Waals surface area contributed by atoms with E-state index in [1.165, 1.54) is 6.07 Å². The van der Waals surface area contributed by atoms with Crippen LogP contribution in [0.2, 0.25) is 0 Å². The minimum Gasteiger partial charge on any atom is -0.490 e. The van der Waals surface area contributed by atoms with Crippen LogP contribution in [0.5, 0.6) is 5.75 Å². The number of amides is 1. The van der Waals surface area contributed by atoms with Crippen molar-refractivity contribution in [2.24, 2.45) is 12.0 Å². The van der Waals surface area contributed by atoms with Crippen molar-refractivity contribution in [1.29, 1.82) is 0 Å². The van der Waals surface area contributed by atoms with E-state index in [1.54, 1.807) is 30.2 Å². The van der Waals surface area contributed by atoms with Crippen LogP contribution < -0.4 is 15.4 Å². The van der Waals surface area contributed by atoms with E-state index in [0.29, 0.717) is 34.5 Å². The van der Waals surface area contributed by atoms with E-state index >= 15 is 0 Å². The Kier molecular flexibility index (Phi) is 6.61. The molecule has 9 heteroatoms. The lowest BCUT2D eigenvalue weighted by Crippen LogP contribution is -2.35. The summed E-state index contributed by atoms with van der Waals surface area (Å²) < 4.78 is 22.7. The number of aliphatic imine (C=N–C) groups is 1. The number of anilines is 1. The number of nitrogens with zero attached hydrogens (tertiary/aromatic N) is 4. The van der Waals surface area contributed by atoms with Gasteiger partial charge in [0.05, 0.1) is 12.9 Å². The summed E-state index contributed by atoms with van der Waals surface area (Å²) in [6.45, 7) is 2.70. The van der Waals surface area contributed by atoms with Crippen molar-refractivity contribution >= 4 is 17.3 Å². The molecule has 0 unspecified atom stereocenters. The Morgan fingerprint density at radius 2 is 2.00 bits per heavy atom. The summed E-state index contributed by atoms with van der Waals surface area (Å²) in [6, 6.07) is 10.6. The van der Waals surface area contributed by atoms with Crippen molar-refractivity contribution < 1.29 is 13.9 Å². The lowest BCUT2D eigenvalue weighted by Gasteiger charge is -2.29. The van der Waals surface area contributed by atoms with Gasteiger partial charge in [0.2, 0.25) is 0 Å². The summed E-state index contributed by atoms with van der Waals surface area (Å²) in [4.78, 5) is 20.1. The van der Waals surface area contributed by atoms with Crippen LogP contribution in [0.3, 0.4) is 0 Å². The molecule has 2 N–H and O–H groups in total. The highest BCUT2D eigenvalue weighted by Gasteiger charge is 2.23. The first-order valence-electron chi connectivity index (χ1n) is 11.8. The number of rotatable bonds is 5. The zero-order valence-corrected chi connectivity index (χ0v) is 19.9. The standard InChI is InChI=1S/C26H29FN6O2/c1-32-8-6-20(7-9-32)35-21-5-3-4-19(11-21)31-26(34)25-23-12-22(18-14-30-33(2)15-18)24(27)10-17(23)13-28-16-29-25/h3-5,10-12,14-15,20,28H,6-9,13,16H2,1-2H3,(H,31,34). The Labute approximate surface area is 203 Å². The highest BCUT2D eigenvalue weighted by Crippen LogP contribution is 2.28. The van der Waals surface area contributed by atoms with Crippen molar-refractivity contribution in [3.05, 3.63) is 65.7 Å². The van der Waals surface area contributed by atoms with Gasteiger partial charge in [0.1, 0.15) is 23.4 Å². The Bertz CT molecular complexity index is 1260. The van der Waals surface area contributed by atoms with E-state index in [-0.39, 0.29) is 30.2 Å². The fourth-order valence-electron chi connectivity index (χ4n) is 4.50. The average molecular weight is 477 g/mol. The first kappa shape index (κ1) is 23.2. The second kappa shape index (κ2) is 9.97. The zero-order chi connectivity index (χ0) is 24.4. The number of benzene rings is 2. The van der Waals surface area contributed by atoms with Crippen LogP contribution in [0, 0.1) is 5.82 Å². The number of aromatic nitrogens is 2. The SMILES string of the molecule is CN1CCC(Oc2cccc(NC(=O)C3=NCNCc4cc(F)c(-c5cnn(C)c5)cc43)c2)CC1. The van der Waals surface area contributed by atoms with E-state index in [9.17, 15) is 9.18 Å². The minimum absolute atomic E-state index is 0.169. The molecule has 2 aliphatic heterocycles. The molecular weight excluding hydrogens is 447 g/mol. The molecule has 2 aliphatic rings. The molecule has 0 bridgehead atoms. The fraction of sp³-hybridized carbons (Fsp3) is 0.346. The maximum atomic E-state index is 14.9. The Morgan fingerprint density at radius 3 is 2.77 bits per heavy atom. The first-order valence-corrected chi connectivity index (χ1v) is 11.8. The van der Waals surface area contributed by atoms with Gasteiger partial charge in [-0.3, -0.25) is 19.8 Å². The van der Waals surface area contributed by atoms with E-state index < -0.39 is 0 Å². The maximum Gasteiger partial charge on any atom is 0.274 e. The molecule has 0 aliphatic carbocycles. The van der Waals surface area contributed by atoms with Gasteiger partial charge in [-0.15, -0.1) is 0 Å². The van der Waals surface area contributed by atoms with Crippen LogP contribution in [-0.2, 0) is 18.4 Å². The topological polar surface area (TPSA) is 83.8 Å². The largest absolute Gasteiger partial charge is 0.490 e. The van der Waals surface area contributed by atoms with Crippen molar-refractivity contribution in [2.45, 2.75) is 25.5 Å². The summed E-state index contributed by atoms with van der Waals surface area (Å²) in [6.07, 6.45) is 5.47. The van der Waals surface area contributed by atoms with Crippen molar-refractivity contribution in [3.8, 4) is 16.9 Å². The molecule has 3 heterocycles. The summed E-state index contributed by atoms with van der Waals surface area (Å²) in [5.74, 6) is 0.0114. The fourth-order valence-corrected chi connectivity index (χ4v) is 4.50. The van der Waals surface area contributed by atoms with Gasteiger partial charge in [0.25, 0.3) is 5.91 Å². The number of nitrogens with one attached hydrogen (secondary N) is 2. The highest BCUT2D eigenvalue weighted by atomic mass is 19.1. The number of carbonyl (C=O) groups excluding carboxylic acids is 1. The van der Waals surface area contributed by atoms with E-state index in [2.05, 4.69) is 32.7 Å². The summed E-state index contributed by atoms with van der Waals surface area (Å²) in [7, 11) is 3.89. The number of hydrogen-bond acceptors (Lipinski definition) is 6. The molecule has 182 valence electrons. The van der Waals surface area contributed by atoms with Crippen molar-refractivity contribution in [2.75, 3.05) is 32.1 Å². The molecule has 1 amide bonds. The quantitative estimate of drug-likeness (QED) is 0.591. The monoisotopic (exact) mass is 476 g/mol. The summed E-state index contributed by atoms with van der Waals surface area (Å²) in [5, 5.41) is 10.2. The van der Waals surface area contributed by atoms with E-state index in [1.807, 2.05) is 24.3 Å². The van der Waals surface area contributed by atoms with Crippen molar-refractivity contribution in [3.63, 3.8) is 0 Å². The molecule has 35 heavy (non-hydrogen) atoms. The third-order valence-electron chi connectivity index (χ3n) is 6.40. The average Bonchev–Trinajstić information content (AvgIpc) is 3.16. The number of fused-ring (bicyclic) bond motifs is 1. The van der Waals surface area contributed by atoms with E-state index in [4.69, 9.17) is 4.74 Å². The molecular formula is C26H29FN6O2. The van der Waals surface area contributed by atoms with Crippen LogP contribution in [0.4, 0.5) is 10.1 Å². The molecule has 1 saturated heterocycles. The maximum absolute atomic E-state index is 14.9. The molecule has 3 aromatic rings. The van der Waals surface area contributed by atoms with Crippen LogP contribution in [0.15, 0.2) is 53.8 Å². The number of ether oxygens (including phenoxy) is 1. The predicted octanol–water partition coefficient (Wildman–Crippen LogP) is 3.19. The number of halogens is 1. The van der Waals surface area contributed by atoms with Crippen LogP contribution >= 0.6 is 0 Å². The third kappa shape index (κ3) is 5.26. The molecule has 1 fully saturated rings. The number of carbonyl (C=O) groups is 1. The summed E-state index contributed by atoms with van der Waals surface area (Å²) in [5.41, 5.74) is 3.19. The number of aryl methyl sites for hydroxylation is 1. The second-order valence-corrected chi connectivity index (χ2v) is 9.09. The second-order valence-electron chi connectivity index (χ2n) is 9.09. The lowest BCUT2D eigenvalue weighted by molar-refractivity contribution is -0.110. The van der Waals surface area contributed by atoms with Gasteiger partial charge in [-0.05, 0) is 49.7 Å². The van der Waals surface area contributed by atoms with Gasteiger partial charge in [0.15, 0.2) is 0 Å². The molecule has 1 aromatic heterocycles.